The van der Waals surface area contributed by atoms with Crippen molar-refractivity contribution >= 4 is 10.0 Å². The van der Waals surface area contributed by atoms with Crippen molar-refractivity contribution in [3.05, 3.63) is 29.3 Å². The zero-order chi connectivity index (χ0) is 15.7. The van der Waals surface area contributed by atoms with E-state index in [0.29, 0.717) is 30.9 Å². The molecule has 1 saturated heterocycles. The Hall–Kier alpha value is -0.950. The summed E-state index contributed by atoms with van der Waals surface area (Å²) >= 11 is 0. The standard InChI is InChI=1S/C15H24N2O3S/c1-11-12(10-16)5-4-6-14(11)21(18,19)17-13-7-8-20-15(2,3)9-13/h4-6,13,17H,7-10,16H2,1-3H3. The van der Waals surface area contributed by atoms with Crippen molar-refractivity contribution in [2.24, 2.45) is 5.73 Å². The maximum Gasteiger partial charge on any atom is 0.241 e. The highest BCUT2D eigenvalue weighted by Gasteiger charge is 2.32. The van der Waals surface area contributed by atoms with Gasteiger partial charge in [0.1, 0.15) is 0 Å². The van der Waals surface area contributed by atoms with E-state index in [1.165, 1.54) is 0 Å². The van der Waals surface area contributed by atoms with Gasteiger partial charge in [0.25, 0.3) is 0 Å². The molecule has 5 nitrogen and oxygen atoms in total. The molecular weight excluding hydrogens is 288 g/mol. The molecule has 0 spiro atoms. The van der Waals surface area contributed by atoms with E-state index in [2.05, 4.69) is 4.72 Å². The molecule has 1 heterocycles. The lowest BCUT2D eigenvalue weighted by Crippen LogP contribution is -2.45. The number of sulfonamides is 1. The van der Waals surface area contributed by atoms with Crippen LogP contribution in [0.5, 0.6) is 0 Å². The Balaban J connectivity index is 2.23. The van der Waals surface area contributed by atoms with E-state index in [0.717, 1.165) is 11.1 Å². The minimum absolute atomic E-state index is 0.0975. The Kier molecular flexibility index (Phi) is 4.72. The fraction of sp³-hybridized carbons (Fsp3) is 0.600. The van der Waals surface area contributed by atoms with Gasteiger partial charge in [0.2, 0.25) is 10.0 Å². The largest absolute Gasteiger partial charge is 0.375 e. The van der Waals surface area contributed by atoms with Gasteiger partial charge in [-0.2, -0.15) is 0 Å². The van der Waals surface area contributed by atoms with E-state index >= 15 is 0 Å². The number of nitrogens with one attached hydrogen (secondary N) is 1. The quantitative estimate of drug-likeness (QED) is 0.886. The van der Waals surface area contributed by atoms with Crippen LogP contribution in [0.2, 0.25) is 0 Å². The minimum Gasteiger partial charge on any atom is -0.375 e. The zero-order valence-electron chi connectivity index (χ0n) is 12.8. The Morgan fingerprint density at radius 1 is 1.43 bits per heavy atom. The van der Waals surface area contributed by atoms with Gasteiger partial charge in [-0.25, -0.2) is 13.1 Å². The summed E-state index contributed by atoms with van der Waals surface area (Å²) in [7, 11) is -3.53. The summed E-state index contributed by atoms with van der Waals surface area (Å²) in [6.07, 6.45) is 1.36. The SMILES string of the molecule is Cc1c(CN)cccc1S(=O)(=O)NC1CCOC(C)(C)C1. The zero-order valence-corrected chi connectivity index (χ0v) is 13.7. The van der Waals surface area contributed by atoms with Crippen molar-refractivity contribution in [1.82, 2.24) is 4.72 Å². The molecule has 0 saturated carbocycles. The first-order valence-corrected chi connectivity index (χ1v) is 8.68. The van der Waals surface area contributed by atoms with E-state index in [1.54, 1.807) is 19.1 Å². The second-order valence-corrected chi connectivity index (χ2v) is 7.85. The molecular formula is C15H24N2O3S. The Morgan fingerprint density at radius 2 is 2.14 bits per heavy atom. The topological polar surface area (TPSA) is 81.4 Å². The normalized spacial score (nSPS) is 22.2. The van der Waals surface area contributed by atoms with E-state index in [-0.39, 0.29) is 11.6 Å². The maximum atomic E-state index is 12.6. The summed E-state index contributed by atoms with van der Waals surface area (Å²) in [5.41, 5.74) is 6.93. The van der Waals surface area contributed by atoms with Crippen LogP contribution in [0.25, 0.3) is 0 Å². The van der Waals surface area contributed by atoms with Gasteiger partial charge in [-0.3, -0.25) is 0 Å². The molecule has 6 heteroatoms. The number of nitrogens with two attached hydrogens (primary N) is 1. The van der Waals surface area contributed by atoms with Crippen LogP contribution in [0.15, 0.2) is 23.1 Å². The van der Waals surface area contributed by atoms with Crippen LogP contribution in [-0.4, -0.2) is 26.7 Å². The van der Waals surface area contributed by atoms with E-state index in [1.807, 2.05) is 19.9 Å². The first-order chi connectivity index (χ1) is 9.75. The van der Waals surface area contributed by atoms with Gasteiger partial charge in [0, 0.05) is 19.2 Å². The molecule has 3 N–H and O–H groups in total. The Bertz CT molecular complexity index is 611. The van der Waals surface area contributed by atoms with Crippen molar-refractivity contribution in [2.45, 2.75) is 56.7 Å². The van der Waals surface area contributed by atoms with Crippen LogP contribution < -0.4 is 10.5 Å². The van der Waals surface area contributed by atoms with Crippen molar-refractivity contribution in [1.29, 1.82) is 0 Å². The Labute approximate surface area is 126 Å². The molecule has 1 aromatic carbocycles. The molecule has 1 aliphatic heterocycles. The molecule has 0 amide bonds. The third-order valence-corrected chi connectivity index (χ3v) is 5.59. The first-order valence-electron chi connectivity index (χ1n) is 7.20. The number of benzene rings is 1. The average Bonchev–Trinajstić information content (AvgIpc) is 2.37. The number of ether oxygens (including phenoxy) is 1. The predicted molar refractivity (Wildman–Crippen MR) is 82.4 cm³/mol. The van der Waals surface area contributed by atoms with Crippen LogP contribution in [0.3, 0.4) is 0 Å². The molecule has 0 radical (unpaired) electrons. The molecule has 1 atom stereocenters. The summed E-state index contributed by atoms with van der Waals surface area (Å²) in [5.74, 6) is 0. The summed E-state index contributed by atoms with van der Waals surface area (Å²) in [4.78, 5) is 0.315. The number of rotatable bonds is 4. The summed E-state index contributed by atoms with van der Waals surface area (Å²) in [5, 5.41) is 0. The fourth-order valence-corrected chi connectivity index (χ4v) is 4.35. The van der Waals surface area contributed by atoms with Gasteiger partial charge < -0.3 is 10.5 Å². The Morgan fingerprint density at radius 3 is 2.76 bits per heavy atom. The summed E-state index contributed by atoms with van der Waals surface area (Å²) in [6.45, 7) is 6.66. The molecule has 21 heavy (non-hydrogen) atoms. The molecule has 0 aliphatic carbocycles. The van der Waals surface area contributed by atoms with Crippen molar-refractivity contribution in [2.75, 3.05) is 6.61 Å². The van der Waals surface area contributed by atoms with E-state index in [4.69, 9.17) is 10.5 Å². The molecule has 0 aromatic heterocycles. The third kappa shape index (κ3) is 3.83. The summed E-state index contributed by atoms with van der Waals surface area (Å²) < 4.78 is 33.7. The number of hydrogen-bond acceptors (Lipinski definition) is 4. The van der Waals surface area contributed by atoms with Crippen LogP contribution in [0.1, 0.15) is 37.8 Å². The smallest absolute Gasteiger partial charge is 0.241 e. The highest BCUT2D eigenvalue weighted by Crippen LogP contribution is 2.26. The molecule has 2 rings (SSSR count). The van der Waals surface area contributed by atoms with Gasteiger partial charge in [0.05, 0.1) is 10.5 Å². The van der Waals surface area contributed by atoms with Crippen LogP contribution in [0.4, 0.5) is 0 Å². The fourth-order valence-electron chi connectivity index (χ4n) is 2.79. The highest BCUT2D eigenvalue weighted by molar-refractivity contribution is 7.89. The molecule has 1 aromatic rings. The van der Waals surface area contributed by atoms with Crippen LogP contribution in [-0.2, 0) is 21.3 Å². The second kappa shape index (κ2) is 6.04. The van der Waals surface area contributed by atoms with Crippen molar-refractivity contribution in [3.8, 4) is 0 Å². The number of hydrogen-bond donors (Lipinski definition) is 2. The predicted octanol–water partition coefficient (Wildman–Crippen LogP) is 1.69. The molecule has 1 unspecified atom stereocenters. The summed E-state index contributed by atoms with van der Waals surface area (Å²) in [6, 6.07) is 5.12. The molecule has 118 valence electrons. The van der Waals surface area contributed by atoms with Gasteiger partial charge in [-0.15, -0.1) is 0 Å². The minimum atomic E-state index is -3.53. The van der Waals surface area contributed by atoms with Crippen LogP contribution in [0, 0.1) is 6.92 Å². The molecule has 1 aliphatic rings. The van der Waals surface area contributed by atoms with E-state index in [9.17, 15) is 8.42 Å². The van der Waals surface area contributed by atoms with Gasteiger partial charge in [-0.05, 0) is 50.8 Å². The van der Waals surface area contributed by atoms with E-state index < -0.39 is 10.0 Å². The molecule has 0 bridgehead atoms. The van der Waals surface area contributed by atoms with Crippen molar-refractivity contribution < 1.29 is 13.2 Å². The first kappa shape index (κ1) is 16.4. The lowest BCUT2D eigenvalue weighted by Gasteiger charge is -2.35. The highest BCUT2D eigenvalue weighted by atomic mass is 32.2. The van der Waals surface area contributed by atoms with Crippen molar-refractivity contribution in [3.63, 3.8) is 0 Å². The monoisotopic (exact) mass is 312 g/mol. The van der Waals surface area contributed by atoms with Crippen LogP contribution >= 0.6 is 0 Å². The molecule has 1 fully saturated rings. The second-order valence-electron chi connectivity index (χ2n) is 6.16. The third-order valence-electron chi connectivity index (χ3n) is 3.92. The van der Waals surface area contributed by atoms with Gasteiger partial charge in [0.15, 0.2) is 0 Å². The lowest BCUT2D eigenvalue weighted by molar-refractivity contribution is -0.0599. The lowest BCUT2D eigenvalue weighted by atomic mass is 9.95. The maximum absolute atomic E-state index is 12.6. The van der Waals surface area contributed by atoms with Gasteiger partial charge >= 0.3 is 0 Å². The van der Waals surface area contributed by atoms with Gasteiger partial charge in [-0.1, -0.05) is 12.1 Å². The average molecular weight is 312 g/mol.